The number of H-pyrrole nitrogens is 1. The highest BCUT2D eigenvalue weighted by atomic mass is 35.5. The van der Waals surface area contributed by atoms with Crippen LogP contribution in [0, 0.1) is 5.92 Å². The monoisotopic (exact) mass is 542 g/mol. The standard InChI is InChI=1S/C32H35ClN4O2/c1-20(2)29(24-6-4-5-7-26(24)33)34-31(38)23-8-10-27-25(19-23)30(36-35-27)22-9-11-28-21(18-22)12-13-32(39-28)14-16-37(3)17-15-32/h4-11,18-20,29H,12-17H2,1-3H3,(H,34,38)(H,35,36)/t29-/m0/s1. The molecule has 0 saturated carbocycles. The third kappa shape index (κ3) is 5.04. The van der Waals surface area contributed by atoms with Crippen molar-refractivity contribution in [3.05, 3.63) is 82.4 Å². The summed E-state index contributed by atoms with van der Waals surface area (Å²) in [6.45, 7) is 6.33. The van der Waals surface area contributed by atoms with Crippen LogP contribution in [0.4, 0.5) is 0 Å². The first-order valence-corrected chi connectivity index (χ1v) is 14.2. The van der Waals surface area contributed by atoms with E-state index >= 15 is 0 Å². The lowest BCUT2D eigenvalue weighted by Gasteiger charge is -2.43. The average molecular weight is 543 g/mol. The van der Waals surface area contributed by atoms with Crippen molar-refractivity contribution in [3.63, 3.8) is 0 Å². The van der Waals surface area contributed by atoms with Gasteiger partial charge in [-0.3, -0.25) is 9.89 Å². The number of nitrogens with one attached hydrogen (secondary N) is 2. The maximum Gasteiger partial charge on any atom is 0.251 e. The lowest BCUT2D eigenvalue weighted by Crippen LogP contribution is -2.48. The van der Waals surface area contributed by atoms with Crippen LogP contribution in [0.3, 0.4) is 0 Å². The third-order valence-electron chi connectivity index (χ3n) is 8.43. The molecule has 6 rings (SSSR count). The quantitative estimate of drug-likeness (QED) is 0.291. The van der Waals surface area contributed by atoms with Gasteiger partial charge in [-0.25, -0.2) is 0 Å². The normalized spacial score (nSPS) is 17.7. The smallest absolute Gasteiger partial charge is 0.251 e. The number of rotatable bonds is 5. The van der Waals surface area contributed by atoms with Crippen LogP contribution in [-0.2, 0) is 6.42 Å². The lowest BCUT2D eigenvalue weighted by atomic mass is 9.83. The summed E-state index contributed by atoms with van der Waals surface area (Å²) in [5, 5.41) is 12.6. The number of benzene rings is 3. The number of piperidine rings is 1. The number of halogens is 1. The fourth-order valence-electron chi connectivity index (χ4n) is 5.98. The molecule has 1 spiro atoms. The van der Waals surface area contributed by atoms with Crippen molar-refractivity contribution >= 4 is 28.4 Å². The molecule has 1 saturated heterocycles. The predicted octanol–water partition coefficient (Wildman–Crippen LogP) is 6.80. The number of aromatic amines is 1. The van der Waals surface area contributed by atoms with Crippen molar-refractivity contribution in [2.24, 2.45) is 5.92 Å². The first kappa shape index (κ1) is 25.9. The number of aryl methyl sites for hydroxylation is 1. The molecule has 6 nitrogen and oxygen atoms in total. The van der Waals surface area contributed by atoms with Crippen LogP contribution in [0.15, 0.2) is 60.7 Å². The molecule has 2 aliphatic heterocycles. The van der Waals surface area contributed by atoms with E-state index in [2.05, 4.69) is 59.5 Å². The summed E-state index contributed by atoms with van der Waals surface area (Å²) in [7, 11) is 2.18. The van der Waals surface area contributed by atoms with Crippen molar-refractivity contribution in [2.45, 2.75) is 51.2 Å². The van der Waals surface area contributed by atoms with Gasteiger partial charge in [0.05, 0.1) is 17.3 Å². The molecule has 1 aromatic heterocycles. The van der Waals surface area contributed by atoms with Gasteiger partial charge in [0, 0.05) is 34.6 Å². The lowest BCUT2D eigenvalue weighted by molar-refractivity contribution is -0.00874. The SMILES string of the molecule is CC(C)[C@H](NC(=O)c1ccc2[nH]nc(-c3ccc4c(c3)CCC3(CCN(C)CC3)O4)c2c1)c1ccccc1Cl. The highest BCUT2D eigenvalue weighted by molar-refractivity contribution is 6.31. The van der Waals surface area contributed by atoms with Crippen LogP contribution in [0.1, 0.15) is 60.6 Å². The fourth-order valence-corrected chi connectivity index (χ4v) is 6.23. The van der Waals surface area contributed by atoms with Gasteiger partial charge in [0.25, 0.3) is 5.91 Å². The number of hydrogen-bond acceptors (Lipinski definition) is 4. The number of amides is 1. The average Bonchev–Trinajstić information content (AvgIpc) is 3.37. The first-order valence-electron chi connectivity index (χ1n) is 13.9. The van der Waals surface area contributed by atoms with E-state index in [4.69, 9.17) is 16.3 Å². The molecule has 2 aliphatic rings. The maximum absolute atomic E-state index is 13.4. The Labute approximate surface area is 234 Å². The molecule has 202 valence electrons. The largest absolute Gasteiger partial charge is 0.487 e. The molecule has 2 N–H and O–H groups in total. The Morgan fingerprint density at radius 3 is 2.64 bits per heavy atom. The van der Waals surface area contributed by atoms with Gasteiger partial charge in [0.2, 0.25) is 0 Å². The zero-order chi connectivity index (χ0) is 27.1. The van der Waals surface area contributed by atoms with Gasteiger partial charge in [0.15, 0.2) is 0 Å². The number of carbonyl (C=O) groups is 1. The van der Waals surface area contributed by atoms with Crippen molar-refractivity contribution in [2.75, 3.05) is 20.1 Å². The molecule has 1 amide bonds. The first-order chi connectivity index (χ1) is 18.8. The van der Waals surface area contributed by atoms with Gasteiger partial charge in [-0.05, 0) is 92.2 Å². The van der Waals surface area contributed by atoms with Crippen LogP contribution in [0.5, 0.6) is 5.75 Å². The highest BCUT2D eigenvalue weighted by Gasteiger charge is 2.38. The zero-order valence-electron chi connectivity index (χ0n) is 22.8. The molecular weight excluding hydrogens is 508 g/mol. The van der Waals surface area contributed by atoms with Gasteiger partial charge < -0.3 is 15.0 Å². The van der Waals surface area contributed by atoms with Gasteiger partial charge in [-0.2, -0.15) is 5.10 Å². The topological polar surface area (TPSA) is 70.2 Å². The zero-order valence-corrected chi connectivity index (χ0v) is 23.5. The van der Waals surface area contributed by atoms with Gasteiger partial charge in [-0.15, -0.1) is 0 Å². The molecule has 7 heteroatoms. The van der Waals surface area contributed by atoms with Gasteiger partial charge in [0.1, 0.15) is 11.4 Å². The Bertz CT molecular complexity index is 1520. The Morgan fingerprint density at radius 1 is 1.08 bits per heavy atom. The molecule has 0 unspecified atom stereocenters. The highest BCUT2D eigenvalue weighted by Crippen LogP contribution is 2.41. The van der Waals surface area contributed by atoms with E-state index in [1.54, 1.807) is 0 Å². The minimum atomic E-state index is -0.195. The molecule has 1 atom stereocenters. The van der Waals surface area contributed by atoms with E-state index in [0.717, 1.165) is 72.2 Å². The molecular formula is C32H35ClN4O2. The molecule has 39 heavy (non-hydrogen) atoms. The maximum atomic E-state index is 13.4. The number of fused-ring (bicyclic) bond motifs is 2. The number of hydrogen-bond donors (Lipinski definition) is 2. The Balaban J connectivity index is 1.26. The second kappa shape index (κ2) is 10.3. The fraction of sp³-hybridized carbons (Fsp3) is 0.375. The van der Waals surface area contributed by atoms with Crippen molar-refractivity contribution in [1.29, 1.82) is 0 Å². The number of carbonyl (C=O) groups excluding carboxylic acids is 1. The van der Waals surface area contributed by atoms with E-state index in [0.29, 0.717) is 10.6 Å². The van der Waals surface area contributed by atoms with Crippen LogP contribution in [0.2, 0.25) is 5.02 Å². The van der Waals surface area contributed by atoms with Crippen LogP contribution < -0.4 is 10.1 Å². The van der Waals surface area contributed by atoms with E-state index in [-0.39, 0.29) is 23.5 Å². The molecule has 3 aromatic carbocycles. The van der Waals surface area contributed by atoms with Crippen molar-refractivity contribution < 1.29 is 9.53 Å². The summed E-state index contributed by atoms with van der Waals surface area (Å²) >= 11 is 6.47. The summed E-state index contributed by atoms with van der Waals surface area (Å²) in [6.07, 6.45) is 4.20. The summed E-state index contributed by atoms with van der Waals surface area (Å²) in [4.78, 5) is 15.8. The summed E-state index contributed by atoms with van der Waals surface area (Å²) in [5.41, 5.74) is 5.47. The van der Waals surface area contributed by atoms with E-state index in [1.807, 2.05) is 42.5 Å². The number of nitrogens with zero attached hydrogens (tertiary/aromatic N) is 2. The Hall–Kier alpha value is -3.35. The molecule has 3 heterocycles. The van der Waals surface area contributed by atoms with Gasteiger partial charge in [-0.1, -0.05) is 43.6 Å². The number of aromatic nitrogens is 2. The third-order valence-corrected chi connectivity index (χ3v) is 8.77. The van der Waals surface area contributed by atoms with E-state index in [1.165, 1.54) is 5.56 Å². The Morgan fingerprint density at radius 2 is 1.87 bits per heavy atom. The summed E-state index contributed by atoms with van der Waals surface area (Å²) < 4.78 is 6.60. The van der Waals surface area contributed by atoms with Crippen molar-refractivity contribution in [1.82, 2.24) is 20.4 Å². The molecule has 0 radical (unpaired) electrons. The van der Waals surface area contributed by atoms with E-state index < -0.39 is 0 Å². The molecule has 0 aliphatic carbocycles. The van der Waals surface area contributed by atoms with E-state index in [9.17, 15) is 4.79 Å². The van der Waals surface area contributed by atoms with Crippen molar-refractivity contribution in [3.8, 4) is 17.0 Å². The molecule has 4 aromatic rings. The van der Waals surface area contributed by atoms with Crippen LogP contribution in [-0.4, -0.2) is 46.7 Å². The number of likely N-dealkylation sites (tertiary alicyclic amines) is 1. The predicted molar refractivity (Wildman–Crippen MR) is 156 cm³/mol. The second-order valence-corrected chi connectivity index (χ2v) is 11.9. The minimum absolute atomic E-state index is 0.0276. The summed E-state index contributed by atoms with van der Waals surface area (Å²) in [6, 6.07) is 19.6. The number of ether oxygens (including phenoxy) is 1. The minimum Gasteiger partial charge on any atom is -0.487 e. The van der Waals surface area contributed by atoms with Crippen LogP contribution in [0.25, 0.3) is 22.2 Å². The summed E-state index contributed by atoms with van der Waals surface area (Å²) in [5.74, 6) is 1.03. The van der Waals surface area contributed by atoms with Gasteiger partial charge >= 0.3 is 0 Å². The molecule has 0 bridgehead atoms. The Kier molecular flexibility index (Phi) is 6.86. The second-order valence-electron chi connectivity index (χ2n) is 11.5. The molecule has 1 fully saturated rings. The van der Waals surface area contributed by atoms with Crippen LogP contribution >= 0.6 is 11.6 Å².